The Morgan fingerprint density at radius 1 is 0.889 bits per heavy atom. The zero-order chi connectivity index (χ0) is 51.6. The molecule has 17 heteroatoms. The Kier molecular flexibility index (Phi) is 15.7. The molecular formula is C55H65F2N7O7S. The summed E-state index contributed by atoms with van der Waals surface area (Å²) in [5.41, 5.74) is 4.27. The van der Waals surface area contributed by atoms with Gasteiger partial charge in [-0.3, -0.25) is 18.7 Å². The van der Waals surface area contributed by atoms with Gasteiger partial charge in [-0.25, -0.2) is 14.6 Å². The van der Waals surface area contributed by atoms with Gasteiger partial charge >= 0.3 is 12.2 Å². The molecule has 2 aliphatic carbocycles. The lowest BCUT2D eigenvalue weighted by Crippen LogP contribution is -2.51. The van der Waals surface area contributed by atoms with Gasteiger partial charge in [-0.05, 0) is 109 Å². The molecule has 0 radical (unpaired) electrons. The molecule has 3 aromatic carbocycles. The van der Waals surface area contributed by atoms with Crippen molar-refractivity contribution < 1.29 is 37.4 Å². The third kappa shape index (κ3) is 10.6. The van der Waals surface area contributed by atoms with Crippen molar-refractivity contribution in [3.05, 3.63) is 99.7 Å². The summed E-state index contributed by atoms with van der Waals surface area (Å²) in [5, 5.41) is 3.16. The summed E-state index contributed by atoms with van der Waals surface area (Å²) >= 11 is 1.41. The number of nitrogens with zero attached hydrogens (tertiary/aromatic N) is 4. The summed E-state index contributed by atoms with van der Waals surface area (Å²) in [6, 6.07) is 16.0. The first-order valence-electron chi connectivity index (χ1n) is 25.0. The van der Waals surface area contributed by atoms with Crippen molar-refractivity contribution in [1.29, 1.82) is 0 Å². The number of alkyl carbamates (subject to hydrolysis) is 1. The van der Waals surface area contributed by atoms with Gasteiger partial charge in [0.25, 0.3) is 5.92 Å². The first-order chi connectivity index (χ1) is 34.4. The zero-order valence-electron chi connectivity index (χ0n) is 42.2. The number of H-pyrrole nitrogens is 2. The predicted octanol–water partition coefficient (Wildman–Crippen LogP) is 11.1. The number of carbonyl (C=O) groups excluding carboxylic acids is 4. The average Bonchev–Trinajstić information content (AvgIpc) is 4.11. The van der Waals surface area contributed by atoms with Gasteiger partial charge in [-0.15, -0.1) is 0 Å². The van der Waals surface area contributed by atoms with E-state index < -0.39 is 30.1 Å². The summed E-state index contributed by atoms with van der Waals surface area (Å²) in [6.45, 7) is 10.2. The predicted molar refractivity (Wildman–Crippen MR) is 277 cm³/mol. The van der Waals surface area contributed by atoms with E-state index in [9.17, 15) is 24.0 Å². The summed E-state index contributed by atoms with van der Waals surface area (Å²) in [4.78, 5) is 82.1. The highest BCUT2D eigenvalue weighted by Crippen LogP contribution is 2.53. The highest BCUT2D eigenvalue weighted by atomic mass is 32.2. The number of aliphatic imine (C=N–C) groups is 1. The van der Waals surface area contributed by atoms with Gasteiger partial charge in [0.2, 0.25) is 11.8 Å². The first kappa shape index (κ1) is 52.0. The number of alkyl halides is 2. The van der Waals surface area contributed by atoms with E-state index >= 15 is 8.78 Å². The monoisotopic (exact) mass is 1010 g/mol. The minimum atomic E-state index is -3.31. The quantitative estimate of drug-likeness (QED) is 0.0680. The molecule has 0 spiro atoms. The summed E-state index contributed by atoms with van der Waals surface area (Å²) < 4.78 is 44.7. The van der Waals surface area contributed by atoms with Gasteiger partial charge in [0, 0.05) is 58.9 Å². The number of hydrogen-bond donors (Lipinski definition) is 3. The van der Waals surface area contributed by atoms with Crippen LogP contribution in [0.3, 0.4) is 0 Å². The molecule has 8 rings (SSSR count). The molecule has 2 fully saturated rings. The lowest BCUT2D eigenvalue weighted by atomic mass is 9.78. The normalized spacial score (nSPS) is 19.6. The molecule has 0 bridgehead atoms. The van der Waals surface area contributed by atoms with Gasteiger partial charge in [-0.2, -0.15) is 13.8 Å². The molecule has 382 valence electrons. The maximum absolute atomic E-state index is 16.7. The molecule has 3 heterocycles. The summed E-state index contributed by atoms with van der Waals surface area (Å²) in [6.07, 6.45) is 10.3. The lowest BCUT2D eigenvalue weighted by molar-refractivity contribution is -0.135. The maximum atomic E-state index is 16.7. The number of carbonyl (C=O) groups is 4. The van der Waals surface area contributed by atoms with Crippen LogP contribution in [0, 0.1) is 29.6 Å². The summed E-state index contributed by atoms with van der Waals surface area (Å²) in [5.74, 6) is -3.53. The Hall–Kier alpha value is -6.36. The second kappa shape index (κ2) is 21.8. The number of halogens is 2. The Morgan fingerprint density at radius 2 is 1.57 bits per heavy atom. The molecular weight excluding hydrogens is 941 g/mol. The number of ether oxygens (including phenoxy) is 2. The third-order valence-corrected chi connectivity index (χ3v) is 15.6. The fourth-order valence-electron chi connectivity index (χ4n) is 11.0. The number of methoxy groups -OCH3 is 2. The fourth-order valence-corrected chi connectivity index (χ4v) is 11.9. The van der Waals surface area contributed by atoms with Crippen LogP contribution in [0.15, 0.2) is 76.6 Å². The van der Waals surface area contributed by atoms with Crippen LogP contribution >= 0.6 is 11.9 Å². The van der Waals surface area contributed by atoms with Crippen LogP contribution in [0.2, 0.25) is 0 Å². The van der Waals surface area contributed by atoms with E-state index in [0.29, 0.717) is 69.6 Å². The highest BCUT2D eigenvalue weighted by Gasteiger charge is 2.45. The number of imidazole rings is 1. The molecule has 3 N–H and O–H groups in total. The number of benzene rings is 3. The van der Waals surface area contributed by atoms with Crippen LogP contribution in [-0.2, 0) is 31.4 Å². The topological polar surface area (TPSA) is 179 Å². The van der Waals surface area contributed by atoms with E-state index in [0.717, 1.165) is 44.2 Å². The number of amides is 4. The molecule has 2 aromatic heterocycles. The zero-order valence-corrected chi connectivity index (χ0v) is 43.0. The molecule has 1 saturated carbocycles. The van der Waals surface area contributed by atoms with E-state index in [-0.39, 0.29) is 64.1 Å². The minimum absolute atomic E-state index is 0.00498. The van der Waals surface area contributed by atoms with E-state index in [1.165, 1.54) is 44.5 Å². The van der Waals surface area contributed by atoms with Gasteiger partial charge in [-0.1, -0.05) is 89.7 Å². The number of aromatic nitrogens is 3. The second-order valence-corrected chi connectivity index (χ2v) is 21.0. The van der Waals surface area contributed by atoms with Crippen molar-refractivity contribution in [2.24, 2.45) is 34.6 Å². The van der Waals surface area contributed by atoms with Crippen LogP contribution in [0.1, 0.15) is 108 Å². The standard InChI is InChI=1S/C55H65F2N7O7S/c1-30(2)41(28-59-53(68)70-6)51(66)64(72-8)46-13-10-9-12-36(46)22-32(5)23-37-27-48(65)40-20-16-34(26-44(40)60-37)33-15-18-38-39-19-17-35(25-43(39)55(56,57)42(38)24-33)45-29-58-50(61-45)47-14-11-21-63(47)52(67)49(31(3)4)62-54(69)71-7/h15-20,24-32,36,41,46-47,49H,9-14,21-23H2,1-8H3,(H,58,61)(H,60,65)(H,62,69). The molecule has 3 aliphatic rings. The van der Waals surface area contributed by atoms with Crippen LogP contribution < -0.4 is 10.7 Å². The van der Waals surface area contributed by atoms with Crippen molar-refractivity contribution in [2.75, 3.05) is 27.0 Å². The number of pyridine rings is 1. The largest absolute Gasteiger partial charge is 0.453 e. The van der Waals surface area contributed by atoms with Crippen LogP contribution in [0.4, 0.5) is 18.4 Å². The van der Waals surface area contributed by atoms with Gasteiger partial charge in [0.15, 0.2) is 5.43 Å². The smallest absolute Gasteiger partial charge is 0.432 e. The summed E-state index contributed by atoms with van der Waals surface area (Å²) in [7, 11) is 2.51. The number of nitrogens with one attached hydrogen (secondary N) is 3. The second-order valence-electron chi connectivity index (χ2n) is 20.3. The number of aromatic amines is 2. The SMILES string of the molecule is COC(=O)N=CC(C(=O)N(SC)C1CCCCC1CC(C)Cc1cc(=O)c2ccc(-c3ccc4c(c3)C(F)(F)c3cc(-c5cnc(C6CCCN6C(=O)C(NC(=O)OC)C(C)C)[nH]5)ccc3-4)cc2[nH]1)C(C)C. The van der Waals surface area contributed by atoms with E-state index in [2.05, 4.69) is 36.9 Å². The fraction of sp³-hybridized carbons (Fsp3) is 0.473. The van der Waals surface area contributed by atoms with Crippen molar-refractivity contribution >= 4 is 53.1 Å². The molecule has 1 saturated heterocycles. The molecule has 6 atom stereocenters. The number of likely N-dealkylation sites (tertiary alicyclic amines) is 1. The van der Waals surface area contributed by atoms with E-state index in [1.54, 1.807) is 47.5 Å². The van der Waals surface area contributed by atoms with Gasteiger partial charge < -0.3 is 29.7 Å². The van der Waals surface area contributed by atoms with Crippen molar-refractivity contribution in [3.8, 4) is 33.5 Å². The van der Waals surface area contributed by atoms with Crippen molar-refractivity contribution in [3.63, 3.8) is 0 Å². The van der Waals surface area contributed by atoms with Gasteiger partial charge in [0.1, 0.15) is 11.9 Å². The minimum Gasteiger partial charge on any atom is -0.453 e. The van der Waals surface area contributed by atoms with E-state index in [1.807, 2.05) is 50.4 Å². The van der Waals surface area contributed by atoms with Crippen LogP contribution in [-0.4, -0.2) is 93.5 Å². The molecule has 5 aromatic rings. The van der Waals surface area contributed by atoms with Crippen LogP contribution in [0.25, 0.3) is 44.4 Å². The molecule has 14 nitrogen and oxygen atoms in total. The molecule has 4 amide bonds. The first-order valence-corrected chi connectivity index (χ1v) is 26.1. The van der Waals surface area contributed by atoms with E-state index in [4.69, 9.17) is 4.74 Å². The van der Waals surface area contributed by atoms with Crippen LogP contribution in [0.5, 0.6) is 0 Å². The Morgan fingerprint density at radius 3 is 2.25 bits per heavy atom. The Bertz CT molecular complexity index is 2930. The lowest BCUT2D eigenvalue weighted by Gasteiger charge is -2.41. The highest BCUT2D eigenvalue weighted by molar-refractivity contribution is 7.96. The number of hydrogen-bond acceptors (Lipinski definition) is 9. The number of fused-ring (bicyclic) bond motifs is 4. The third-order valence-electron chi connectivity index (χ3n) is 14.8. The molecule has 72 heavy (non-hydrogen) atoms. The average molecular weight is 1010 g/mol. The van der Waals surface area contributed by atoms with Crippen molar-refractivity contribution in [2.45, 2.75) is 110 Å². The van der Waals surface area contributed by atoms with Gasteiger partial charge in [0.05, 0.1) is 43.6 Å². The Labute approximate surface area is 423 Å². The molecule has 1 aliphatic heterocycles. The number of rotatable bonds is 15. The maximum Gasteiger partial charge on any atom is 0.432 e. The Balaban J connectivity index is 0.978. The molecule has 6 unspecified atom stereocenters. The van der Waals surface area contributed by atoms with Crippen molar-refractivity contribution in [1.82, 2.24) is 29.5 Å².